The van der Waals surface area contributed by atoms with E-state index in [1.165, 1.54) is 0 Å². The van der Waals surface area contributed by atoms with Crippen LogP contribution >= 0.6 is 24.0 Å². The van der Waals surface area contributed by atoms with Crippen molar-refractivity contribution in [3.8, 4) is 5.69 Å². The smallest absolute Gasteiger partial charge is 0.307 e. The third-order valence-corrected chi connectivity index (χ3v) is 6.95. The maximum atomic E-state index is 13.2. The van der Waals surface area contributed by atoms with Crippen LogP contribution in [0, 0.1) is 6.92 Å². The summed E-state index contributed by atoms with van der Waals surface area (Å²) in [7, 11) is 2.16. The predicted molar refractivity (Wildman–Crippen MR) is 147 cm³/mol. The number of anilines is 2. The van der Waals surface area contributed by atoms with E-state index in [0.717, 1.165) is 53.6 Å². The molecule has 4 aromatic rings. The van der Waals surface area contributed by atoms with Crippen molar-refractivity contribution >= 4 is 52.3 Å². The lowest BCUT2D eigenvalue weighted by Gasteiger charge is -2.28. The average Bonchev–Trinajstić information content (AvgIpc) is 3.18. The molecule has 3 aromatic carbocycles. The maximum Gasteiger partial charge on any atom is 0.324 e. The van der Waals surface area contributed by atoms with Gasteiger partial charge in [-0.1, -0.05) is 54.1 Å². The molecule has 35 heavy (non-hydrogen) atoms. The Kier molecular flexibility index (Phi) is 7.65. The minimum atomic E-state index is -0.317. The topological polar surface area (TPSA) is 62.2 Å². The molecule has 0 spiro atoms. The summed E-state index contributed by atoms with van der Waals surface area (Å²) in [5.74, 6) is 1.07. The first-order valence-electron chi connectivity index (χ1n) is 11.6. The molecule has 8 heteroatoms. The van der Waals surface area contributed by atoms with Crippen molar-refractivity contribution in [1.82, 2.24) is 14.7 Å². The first kappa shape index (κ1) is 25.0. The minimum absolute atomic E-state index is 0. The third kappa shape index (κ3) is 5.15. The monoisotopic (exact) mass is 509 g/mol. The van der Waals surface area contributed by atoms with Crippen LogP contribution in [0.4, 0.5) is 16.3 Å². The van der Waals surface area contributed by atoms with Crippen LogP contribution in [0.5, 0.6) is 0 Å². The number of fused-ring (bicyclic) bond motifs is 1. The molecule has 1 aromatic heterocycles. The highest BCUT2D eigenvalue weighted by atomic mass is 35.5. The molecule has 0 unspecified atom stereocenters. The number of nitrogens with zero attached hydrogens (tertiary/aromatic N) is 3. The van der Waals surface area contributed by atoms with Crippen LogP contribution in [0.2, 0.25) is 5.02 Å². The van der Waals surface area contributed by atoms with Gasteiger partial charge in [0.15, 0.2) is 0 Å². The van der Waals surface area contributed by atoms with Crippen LogP contribution in [-0.2, 0) is 0 Å². The van der Waals surface area contributed by atoms with Crippen molar-refractivity contribution in [3.05, 3.63) is 83.0 Å². The summed E-state index contributed by atoms with van der Waals surface area (Å²) in [6.45, 7) is 4.15. The van der Waals surface area contributed by atoms with Crippen LogP contribution in [-0.4, -0.2) is 40.8 Å². The van der Waals surface area contributed by atoms with E-state index >= 15 is 0 Å². The lowest BCUT2D eigenvalue weighted by molar-refractivity contribution is 0.253. The molecule has 0 atom stereocenters. The fraction of sp³-hybridized carbons (Fsp3) is 0.259. The Bertz CT molecular complexity index is 1330. The zero-order chi connectivity index (χ0) is 23.7. The molecule has 0 radical (unpaired) electrons. The van der Waals surface area contributed by atoms with E-state index in [2.05, 4.69) is 22.6 Å². The molecule has 1 aliphatic rings. The van der Waals surface area contributed by atoms with Crippen molar-refractivity contribution in [2.24, 2.45) is 0 Å². The quantitative estimate of drug-likeness (QED) is 0.315. The van der Waals surface area contributed by atoms with Gasteiger partial charge in [-0.3, -0.25) is 5.32 Å². The SMILES string of the molecule is Cc1c(C2CCN(C)CC2)nn(-c2ccccc2)c1NC(=O)Nc1ccc(Cl)c2ccccc12.Cl. The Balaban J connectivity index is 0.00000289. The van der Waals surface area contributed by atoms with Crippen LogP contribution < -0.4 is 10.6 Å². The molecule has 1 saturated heterocycles. The van der Waals surface area contributed by atoms with Crippen molar-refractivity contribution in [2.75, 3.05) is 30.8 Å². The van der Waals surface area contributed by atoms with Crippen molar-refractivity contribution < 1.29 is 4.79 Å². The number of piperidine rings is 1. The first-order valence-corrected chi connectivity index (χ1v) is 12.0. The summed E-state index contributed by atoms with van der Waals surface area (Å²) in [5.41, 5.74) is 3.69. The fourth-order valence-corrected chi connectivity index (χ4v) is 4.95. The number of nitrogens with one attached hydrogen (secondary N) is 2. The molecule has 2 amide bonds. The molecular weight excluding hydrogens is 481 g/mol. The Labute approximate surface area is 216 Å². The van der Waals surface area contributed by atoms with Gasteiger partial charge in [0.25, 0.3) is 0 Å². The Morgan fingerprint density at radius 3 is 2.31 bits per heavy atom. The van der Waals surface area contributed by atoms with Crippen LogP contribution in [0.1, 0.15) is 30.0 Å². The number of amides is 2. The Hall–Kier alpha value is -3.06. The number of urea groups is 1. The molecule has 6 nitrogen and oxygen atoms in total. The summed E-state index contributed by atoms with van der Waals surface area (Å²) in [6, 6.07) is 21.0. The number of halogens is 2. The van der Waals surface area contributed by atoms with Gasteiger partial charge in [-0.2, -0.15) is 5.10 Å². The number of likely N-dealkylation sites (tertiary alicyclic amines) is 1. The van der Waals surface area contributed by atoms with Gasteiger partial charge in [-0.25, -0.2) is 9.48 Å². The van der Waals surface area contributed by atoms with E-state index in [0.29, 0.717) is 22.4 Å². The average molecular weight is 510 g/mol. The lowest BCUT2D eigenvalue weighted by atomic mass is 9.92. The Morgan fingerprint density at radius 1 is 0.943 bits per heavy atom. The third-order valence-electron chi connectivity index (χ3n) is 6.62. The summed E-state index contributed by atoms with van der Waals surface area (Å²) >= 11 is 6.35. The zero-order valence-corrected chi connectivity index (χ0v) is 21.4. The standard InChI is InChI=1S/C27H28ClN5O.ClH/c1-18-25(19-14-16-32(2)17-15-19)31-33(20-8-4-3-5-9-20)26(18)30-27(34)29-24-13-12-23(28)21-10-6-7-11-22(21)24;/h3-13,19H,14-17H2,1-2H3,(H2,29,30,34);1H. The molecule has 182 valence electrons. The minimum Gasteiger partial charge on any atom is -0.307 e. The predicted octanol–water partition coefficient (Wildman–Crippen LogP) is 6.86. The molecule has 0 aliphatic carbocycles. The molecule has 5 rings (SSSR count). The number of hydrogen-bond donors (Lipinski definition) is 2. The highest BCUT2D eigenvalue weighted by Crippen LogP contribution is 2.34. The fourth-order valence-electron chi connectivity index (χ4n) is 4.72. The lowest BCUT2D eigenvalue weighted by Crippen LogP contribution is -2.29. The second-order valence-electron chi connectivity index (χ2n) is 8.90. The van der Waals surface area contributed by atoms with Crippen LogP contribution in [0.25, 0.3) is 16.5 Å². The van der Waals surface area contributed by atoms with E-state index < -0.39 is 0 Å². The van der Waals surface area contributed by atoms with Crippen molar-refractivity contribution in [1.29, 1.82) is 0 Å². The van der Waals surface area contributed by atoms with Gasteiger partial charge in [0.2, 0.25) is 0 Å². The number of para-hydroxylation sites is 1. The van der Waals surface area contributed by atoms with E-state index in [9.17, 15) is 4.79 Å². The number of rotatable bonds is 4. The van der Waals surface area contributed by atoms with Crippen LogP contribution in [0.3, 0.4) is 0 Å². The summed E-state index contributed by atoms with van der Waals surface area (Å²) < 4.78 is 1.85. The number of carbonyl (C=O) groups excluding carboxylic acids is 1. The van der Waals surface area contributed by atoms with Gasteiger partial charge < -0.3 is 10.2 Å². The number of benzene rings is 3. The molecule has 0 saturated carbocycles. The molecule has 2 N–H and O–H groups in total. The number of hydrogen-bond acceptors (Lipinski definition) is 3. The van der Waals surface area contributed by atoms with E-state index in [4.69, 9.17) is 16.7 Å². The van der Waals surface area contributed by atoms with Gasteiger partial charge in [0.1, 0.15) is 5.82 Å². The Morgan fingerprint density at radius 2 is 1.60 bits per heavy atom. The molecule has 1 aliphatic heterocycles. The largest absolute Gasteiger partial charge is 0.324 e. The second-order valence-corrected chi connectivity index (χ2v) is 9.31. The molecular formula is C27H29Cl2N5O. The van der Waals surface area contributed by atoms with Gasteiger partial charge >= 0.3 is 6.03 Å². The van der Waals surface area contributed by atoms with Gasteiger partial charge in [0.05, 0.1) is 17.1 Å². The van der Waals surface area contributed by atoms with Crippen molar-refractivity contribution in [3.63, 3.8) is 0 Å². The normalized spacial score (nSPS) is 14.5. The zero-order valence-electron chi connectivity index (χ0n) is 19.8. The number of carbonyl (C=O) groups is 1. The van der Waals surface area contributed by atoms with E-state index in [1.807, 2.05) is 72.3 Å². The summed E-state index contributed by atoms with van der Waals surface area (Å²) in [4.78, 5) is 15.5. The molecule has 0 bridgehead atoms. The van der Waals surface area contributed by atoms with Gasteiger partial charge in [-0.05, 0) is 64.2 Å². The summed E-state index contributed by atoms with van der Waals surface area (Å²) in [5, 5.41) is 13.5. The number of aromatic nitrogens is 2. The highest BCUT2D eigenvalue weighted by molar-refractivity contribution is 6.36. The van der Waals surface area contributed by atoms with Gasteiger partial charge in [0, 0.05) is 27.3 Å². The molecule has 1 fully saturated rings. The van der Waals surface area contributed by atoms with E-state index in [1.54, 1.807) is 6.07 Å². The van der Waals surface area contributed by atoms with Gasteiger partial charge in [-0.15, -0.1) is 12.4 Å². The van der Waals surface area contributed by atoms with Crippen molar-refractivity contribution in [2.45, 2.75) is 25.7 Å². The maximum absolute atomic E-state index is 13.2. The second kappa shape index (κ2) is 10.7. The first-order chi connectivity index (χ1) is 16.5. The summed E-state index contributed by atoms with van der Waals surface area (Å²) in [6.07, 6.45) is 2.12. The highest BCUT2D eigenvalue weighted by Gasteiger charge is 2.26. The molecule has 2 heterocycles. The van der Waals surface area contributed by atoms with E-state index in [-0.39, 0.29) is 18.4 Å². The van der Waals surface area contributed by atoms with Crippen LogP contribution in [0.15, 0.2) is 66.7 Å².